The van der Waals surface area contributed by atoms with Crippen LogP contribution in [0.5, 0.6) is 5.75 Å². The summed E-state index contributed by atoms with van der Waals surface area (Å²) < 4.78 is 0. The number of para-hydroxylation sites is 1. The third-order valence-electron chi connectivity index (χ3n) is 4.42. The van der Waals surface area contributed by atoms with E-state index >= 15 is 0 Å². The fourth-order valence-corrected chi connectivity index (χ4v) is 2.78. The predicted molar refractivity (Wildman–Crippen MR) is 108 cm³/mol. The van der Waals surface area contributed by atoms with Gasteiger partial charge in [-0.05, 0) is 12.1 Å². The second kappa shape index (κ2) is 13.2. The number of aromatic hydroxyl groups is 1. The molecule has 29 heavy (non-hydrogen) atoms. The van der Waals surface area contributed by atoms with E-state index in [1.165, 1.54) is 50.5 Å². The Balaban J connectivity index is 0.000000262. The highest BCUT2D eigenvalue weighted by molar-refractivity contribution is 6.19. The van der Waals surface area contributed by atoms with Crippen molar-refractivity contribution < 1.29 is 29.7 Å². The van der Waals surface area contributed by atoms with E-state index in [-0.39, 0.29) is 17.8 Å². The highest BCUT2D eigenvalue weighted by atomic mass is 16.4. The van der Waals surface area contributed by atoms with Crippen LogP contribution in [-0.2, 0) is 14.4 Å². The number of nitrogens with one attached hydrogen (secondary N) is 1. The molecule has 0 spiro atoms. The third-order valence-corrected chi connectivity index (χ3v) is 4.42. The van der Waals surface area contributed by atoms with E-state index in [2.05, 4.69) is 0 Å². The smallest absolute Gasteiger partial charge is 0.322 e. The van der Waals surface area contributed by atoms with Gasteiger partial charge in [0.2, 0.25) is 0 Å². The number of rotatable bonds is 3. The lowest BCUT2D eigenvalue weighted by Crippen LogP contribution is -2.41. The molecule has 0 aromatic heterocycles. The average Bonchev–Trinajstić information content (AvgIpc) is 2.72. The molecule has 0 unspecified atom stereocenters. The summed E-state index contributed by atoms with van der Waals surface area (Å²) in [7, 11) is 1.50. The number of hydrogen-bond acceptors (Lipinski definition) is 5. The molecule has 0 saturated heterocycles. The van der Waals surface area contributed by atoms with E-state index in [4.69, 9.17) is 10.2 Å². The van der Waals surface area contributed by atoms with Crippen LogP contribution < -0.4 is 5.32 Å². The van der Waals surface area contributed by atoms with E-state index in [1.807, 2.05) is 11.4 Å². The number of nitrogens with zero attached hydrogens (tertiary/aromatic N) is 1. The molecule has 160 valence electrons. The number of carboxylic acid groups (broad SMARTS) is 1. The van der Waals surface area contributed by atoms with Gasteiger partial charge in [0.15, 0.2) is 0 Å². The Morgan fingerprint density at radius 2 is 1.52 bits per heavy atom. The Morgan fingerprint density at radius 3 is 1.93 bits per heavy atom. The summed E-state index contributed by atoms with van der Waals surface area (Å²) in [6.45, 7) is -0.257. The summed E-state index contributed by atoms with van der Waals surface area (Å²) in [5, 5.41) is 28.4. The Morgan fingerprint density at radius 1 is 1.00 bits per heavy atom. The van der Waals surface area contributed by atoms with Gasteiger partial charge in [0.05, 0.1) is 0 Å². The highest BCUT2D eigenvalue weighted by Crippen LogP contribution is 2.16. The zero-order valence-electron chi connectivity index (χ0n) is 16.8. The van der Waals surface area contributed by atoms with Crippen molar-refractivity contribution in [3.63, 3.8) is 0 Å². The quantitative estimate of drug-likeness (QED) is 0.572. The molecule has 2 amide bonds. The maximum Gasteiger partial charge on any atom is 0.322 e. The number of phenols is 1. The molecule has 1 fully saturated rings. The molecule has 0 bridgehead atoms. The molecule has 8 nitrogen and oxygen atoms in total. The molecule has 1 aliphatic heterocycles. The number of likely N-dealkylation sites (N-methyl/N-ethyl adjacent to an activating group) is 1. The molecule has 8 heteroatoms. The van der Waals surface area contributed by atoms with Gasteiger partial charge < -0.3 is 25.5 Å². The van der Waals surface area contributed by atoms with Crippen molar-refractivity contribution in [2.24, 2.45) is 0 Å². The molecule has 1 saturated carbocycles. The summed E-state index contributed by atoms with van der Waals surface area (Å²) >= 11 is 0. The van der Waals surface area contributed by atoms with Gasteiger partial charge in [-0.3, -0.25) is 14.4 Å². The Labute approximate surface area is 170 Å². The molecule has 1 heterocycles. The van der Waals surface area contributed by atoms with Crippen molar-refractivity contribution in [3.05, 3.63) is 41.7 Å². The SMILES string of the molecule is C1CCCCC1.CN1CCC(O)=C(C(=O)NCC(=O)O)C1=O.Oc1ccccc1. The maximum absolute atomic E-state index is 11.5. The Kier molecular flexibility index (Phi) is 10.9. The van der Waals surface area contributed by atoms with Crippen LogP contribution in [-0.4, -0.2) is 58.1 Å². The van der Waals surface area contributed by atoms with Crippen LogP contribution in [0, 0.1) is 0 Å². The lowest BCUT2D eigenvalue weighted by atomic mass is 10.0. The van der Waals surface area contributed by atoms with Crippen molar-refractivity contribution in [2.45, 2.75) is 44.9 Å². The van der Waals surface area contributed by atoms with Crippen molar-refractivity contribution in [2.75, 3.05) is 20.1 Å². The number of carboxylic acids is 1. The first-order valence-corrected chi connectivity index (χ1v) is 9.74. The lowest BCUT2D eigenvalue weighted by Gasteiger charge is -2.23. The minimum absolute atomic E-state index is 0.193. The number of phenolic OH excluding ortho intramolecular Hbond substituents is 1. The molecule has 1 aromatic rings. The lowest BCUT2D eigenvalue weighted by molar-refractivity contribution is -0.138. The number of carbonyl (C=O) groups is 3. The maximum atomic E-state index is 11.5. The van der Waals surface area contributed by atoms with Gasteiger partial charge in [0, 0.05) is 20.0 Å². The number of aliphatic carboxylic acids is 1. The standard InChI is InChI=1S/C9H12N2O5.C6H6O.C6H12/c1-11-3-2-5(12)7(9(11)16)8(15)10-4-6(13)14;7-6-4-2-1-3-5-6;1-2-4-6-5-3-1/h12H,2-4H2,1H3,(H,10,15)(H,13,14);1-5,7H;1-6H2. The molecule has 2 aliphatic rings. The number of aliphatic hydroxyl groups excluding tert-OH is 1. The summed E-state index contributed by atoms with van der Waals surface area (Å²) in [6.07, 6.45) is 9.19. The van der Waals surface area contributed by atoms with Crippen LogP contribution in [0.15, 0.2) is 41.7 Å². The van der Waals surface area contributed by atoms with Crippen molar-refractivity contribution >= 4 is 17.8 Å². The predicted octanol–water partition coefficient (Wildman–Crippen LogP) is 2.59. The number of hydrogen-bond donors (Lipinski definition) is 4. The number of benzene rings is 1. The highest BCUT2D eigenvalue weighted by Gasteiger charge is 2.30. The molecule has 1 aliphatic carbocycles. The fraction of sp³-hybridized carbons (Fsp3) is 0.476. The molecule has 4 N–H and O–H groups in total. The fourth-order valence-electron chi connectivity index (χ4n) is 2.78. The van der Waals surface area contributed by atoms with Gasteiger partial charge in [0.25, 0.3) is 11.8 Å². The zero-order valence-corrected chi connectivity index (χ0v) is 16.8. The van der Waals surface area contributed by atoms with E-state index < -0.39 is 24.3 Å². The van der Waals surface area contributed by atoms with E-state index in [1.54, 1.807) is 24.3 Å². The van der Waals surface area contributed by atoms with Gasteiger partial charge in [-0.15, -0.1) is 0 Å². The second-order valence-electron chi connectivity index (χ2n) is 6.83. The van der Waals surface area contributed by atoms with Crippen LogP contribution in [0.3, 0.4) is 0 Å². The average molecular weight is 406 g/mol. The van der Waals surface area contributed by atoms with Gasteiger partial charge in [-0.25, -0.2) is 0 Å². The van der Waals surface area contributed by atoms with E-state index in [0.29, 0.717) is 12.3 Å². The van der Waals surface area contributed by atoms with Gasteiger partial charge in [0.1, 0.15) is 23.6 Å². The first-order valence-electron chi connectivity index (χ1n) is 9.74. The minimum Gasteiger partial charge on any atom is -0.511 e. The minimum atomic E-state index is -1.22. The third kappa shape index (κ3) is 9.64. The zero-order chi connectivity index (χ0) is 21.6. The summed E-state index contributed by atoms with van der Waals surface area (Å²) in [4.78, 5) is 34.5. The number of amides is 2. The van der Waals surface area contributed by atoms with Crippen LogP contribution in [0.25, 0.3) is 0 Å². The van der Waals surface area contributed by atoms with Crippen LogP contribution in [0.4, 0.5) is 0 Å². The summed E-state index contributed by atoms with van der Waals surface area (Å²) in [5.74, 6) is -2.67. The van der Waals surface area contributed by atoms with Crippen molar-refractivity contribution in [1.29, 1.82) is 0 Å². The normalized spacial score (nSPS) is 16.0. The second-order valence-corrected chi connectivity index (χ2v) is 6.83. The summed E-state index contributed by atoms with van der Waals surface area (Å²) in [6, 6.07) is 8.71. The molecule has 0 radical (unpaired) electrons. The van der Waals surface area contributed by atoms with Crippen LogP contribution in [0.2, 0.25) is 0 Å². The number of carbonyl (C=O) groups excluding carboxylic acids is 2. The Hall–Kier alpha value is -3.03. The van der Waals surface area contributed by atoms with Gasteiger partial charge >= 0.3 is 5.97 Å². The van der Waals surface area contributed by atoms with Crippen LogP contribution in [0.1, 0.15) is 44.9 Å². The van der Waals surface area contributed by atoms with Gasteiger partial charge in [-0.1, -0.05) is 56.7 Å². The number of aliphatic hydroxyl groups is 1. The molecule has 0 atom stereocenters. The first-order chi connectivity index (χ1) is 13.8. The first kappa shape index (κ1) is 24.0. The van der Waals surface area contributed by atoms with Crippen LogP contribution >= 0.6 is 0 Å². The largest absolute Gasteiger partial charge is 0.511 e. The monoisotopic (exact) mass is 406 g/mol. The van der Waals surface area contributed by atoms with Crippen molar-refractivity contribution in [1.82, 2.24) is 10.2 Å². The van der Waals surface area contributed by atoms with Gasteiger partial charge in [-0.2, -0.15) is 0 Å². The molecule has 1 aromatic carbocycles. The molecular formula is C21H30N2O6. The van der Waals surface area contributed by atoms with E-state index in [9.17, 15) is 19.5 Å². The van der Waals surface area contributed by atoms with Crippen molar-refractivity contribution in [3.8, 4) is 5.75 Å². The Bertz CT molecular complexity index is 687. The summed E-state index contributed by atoms with van der Waals surface area (Å²) in [5.41, 5.74) is -0.380. The topological polar surface area (TPSA) is 127 Å². The molecular weight excluding hydrogens is 376 g/mol. The van der Waals surface area contributed by atoms with E-state index in [0.717, 1.165) is 0 Å². The molecule has 3 rings (SSSR count).